The Kier molecular flexibility index (Phi) is 4.85. The summed E-state index contributed by atoms with van der Waals surface area (Å²) in [7, 11) is 1.79. The molecule has 3 unspecified atom stereocenters. The van der Waals surface area contributed by atoms with Crippen molar-refractivity contribution in [2.24, 2.45) is 0 Å². The molecule has 0 aromatic rings. The number of ether oxygens (including phenoxy) is 1. The molecule has 1 heterocycles. The normalized spacial score (nSPS) is 26.8. The molecule has 0 aliphatic carbocycles. The monoisotopic (exact) mass is 200 g/mol. The van der Waals surface area contributed by atoms with E-state index in [0.717, 1.165) is 19.6 Å². The van der Waals surface area contributed by atoms with Gasteiger partial charge in [0.25, 0.3) is 0 Å². The van der Waals surface area contributed by atoms with Crippen molar-refractivity contribution in [1.82, 2.24) is 10.2 Å². The molecule has 84 valence electrons. The van der Waals surface area contributed by atoms with Gasteiger partial charge in [-0.25, -0.2) is 0 Å². The number of hydrogen-bond acceptors (Lipinski definition) is 3. The summed E-state index contributed by atoms with van der Waals surface area (Å²) >= 11 is 0. The lowest BCUT2D eigenvalue weighted by atomic mass is 10.1. The van der Waals surface area contributed by atoms with E-state index >= 15 is 0 Å². The standard InChI is InChI=1S/C11H24N2O/c1-5-13(9(2)10(3)14-4)11-6-7-12-8-11/h9-12H,5-8H2,1-4H3. The molecule has 14 heavy (non-hydrogen) atoms. The van der Waals surface area contributed by atoms with Crippen LogP contribution in [0.2, 0.25) is 0 Å². The summed E-state index contributed by atoms with van der Waals surface area (Å²) in [5.74, 6) is 0. The van der Waals surface area contributed by atoms with Gasteiger partial charge in [-0.05, 0) is 33.4 Å². The van der Waals surface area contributed by atoms with Crippen molar-refractivity contribution >= 4 is 0 Å². The molecule has 0 aromatic heterocycles. The smallest absolute Gasteiger partial charge is 0.0695 e. The fourth-order valence-electron chi connectivity index (χ4n) is 2.27. The third-order valence-corrected chi connectivity index (χ3v) is 3.44. The molecule has 3 heteroatoms. The highest BCUT2D eigenvalue weighted by atomic mass is 16.5. The van der Waals surface area contributed by atoms with E-state index < -0.39 is 0 Å². The van der Waals surface area contributed by atoms with Crippen LogP contribution in [0.3, 0.4) is 0 Å². The first kappa shape index (κ1) is 12.0. The van der Waals surface area contributed by atoms with Crippen LogP contribution in [-0.2, 0) is 4.74 Å². The number of rotatable bonds is 5. The van der Waals surface area contributed by atoms with Crippen LogP contribution in [0.25, 0.3) is 0 Å². The van der Waals surface area contributed by atoms with Crippen molar-refractivity contribution in [2.75, 3.05) is 26.7 Å². The quantitative estimate of drug-likeness (QED) is 0.719. The average Bonchev–Trinajstić information content (AvgIpc) is 2.71. The first-order valence-electron chi connectivity index (χ1n) is 5.70. The molecule has 0 bridgehead atoms. The zero-order chi connectivity index (χ0) is 10.6. The molecular formula is C11H24N2O. The predicted molar refractivity (Wildman–Crippen MR) is 59.6 cm³/mol. The van der Waals surface area contributed by atoms with Gasteiger partial charge < -0.3 is 10.1 Å². The summed E-state index contributed by atoms with van der Waals surface area (Å²) in [6.45, 7) is 10.0. The van der Waals surface area contributed by atoms with Crippen molar-refractivity contribution in [3.63, 3.8) is 0 Å². The van der Waals surface area contributed by atoms with Crippen molar-refractivity contribution in [3.05, 3.63) is 0 Å². The fraction of sp³-hybridized carbons (Fsp3) is 1.00. The van der Waals surface area contributed by atoms with Gasteiger partial charge in [0.15, 0.2) is 0 Å². The second-order valence-corrected chi connectivity index (χ2v) is 4.16. The summed E-state index contributed by atoms with van der Waals surface area (Å²) in [5, 5.41) is 3.42. The molecule has 0 saturated carbocycles. The predicted octanol–water partition coefficient (Wildman–Crippen LogP) is 1.09. The molecule has 1 aliphatic heterocycles. The van der Waals surface area contributed by atoms with Gasteiger partial charge in [-0.3, -0.25) is 4.90 Å². The molecule has 3 atom stereocenters. The lowest BCUT2D eigenvalue weighted by Crippen LogP contribution is -2.47. The Morgan fingerprint density at radius 3 is 2.64 bits per heavy atom. The maximum absolute atomic E-state index is 5.39. The molecule has 1 N–H and O–H groups in total. The molecule has 1 saturated heterocycles. The van der Waals surface area contributed by atoms with Crippen LogP contribution in [0.15, 0.2) is 0 Å². The highest BCUT2D eigenvalue weighted by molar-refractivity contribution is 4.85. The zero-order valence-electron chi connectivity index (χ0n) is 9.92. The summed E-state index contributed by atoms with van der Waals surface area (Å²) in [5.41, 5.74) is 0. The van der Waals surface area contributed by atoms with E-state index in [-0.39, 0.29) is 0 Å². The average molecular weight is 200 g/mol. The Labute approximate surface area is 87.8 Å². The molecule has 0 spiro atoms. The summed E-state index contributed by atoms with van der Waals surface area (Å²) in [6.07, 6.45) is 1.59. The summed E-state index contributed by atoms with van der Waals surface area (Å²) in [4.78, 5) is 2.55. The second-order valence-electron chi connectivity index (χ2n) is 4.16. The highest BCUT2D eigenvalue weighted by Gasteiger charge is 2.27. The van der Waals surface area contributed by atoms with Crippen LogP contribution in [-0.4, -0.2) is 49.8 Å². The topological polar surface area (TPSA) is 24.5 Å². The minimum atomic E-state index is 0.315. The van der Waals surface area contributed by atoms with Gasteiger partial charge in [-0.15, -0.1) is 0 Å². The van der Waals surface area contributed by atoms with E-state index in [0.29, 0.717) is 18.2 Å². The Balaban J connectivity index is 2.50. The van der Waals surface area contributed by atoms with Gasteiger partial charge in [0.05, 0.1) is 6.10 Å². The van der Waals surface area contributed by atoms with Crippen molar-refractivity contribution in [1.29, 1.82) is 0 Å². The summed E-state index contributed by atoms with van der Waals surface area (Å²) in [6, 6.07) is 1.21. The van der Waals surface area contributed by atoms with Gasteiger partial charge >= 0.3 is 0 Å². The minimum absolute atomic E-state index is 0.315. The Bertz CT molecular complexity index is 157. The molecule has 0 radical (unpaired) electrons. The van der Waals surface area contributed by atoms with Crippen molar-refractivity contribution in [3.8, 4) is 0 Å². The van der Waals surface area contributed by atoms with Crippen LogP contribution in [0, 0.1) is 0 Å². The second kappa shape index (κ2) is 5.69. The fourth-order valence-corrected chi connectivity index (χ4v) is 2.27. The summed E-state index contributed by atoms with van der Waals surface area (Å²) < 4.78 is 5.39. The number of nitrogens with zero attached hydrogens (tertiary/aromatic N) is 1. The van der Waals surface area contributed by atoms with Gasteiger partial charge in [0.2, 0.25) is 0 Å². The van der Waals surface area contributed by atoms with Gasteiger partial charge in [0, 0.05) is 25.7 Å². The number of likely N-dealkylation sites (N-methyl/N-ethyl adjacent to an activating group) is 1. The van der Waals surface area contributed by atoms with Gasteiger partial charge in [-0.2, -0.15) is 0 Å². The van der Waals surface area contributed by atoms with Crippen LogP contribution in [0.1, 0.15) is 27.2 Å². The van der Waals surface area contributed by atoms with Gasteiger partial charge in [-0.1, -0.05) is 6.92 Å². The molecular weight excluding hydrogens is 176 g/mol. The maximum Gasteiger partial charge on any atom is 0.0695 e. The van der Waals surface area contributed by atoms with Crippen molar-refractivity contribution < 1.29 is 4.74 Å². The van der Waals surface area contributed by atoms with Crippen LogP contribution < -0.4 is 5.32 Å². The Morgan fingerprint density at radius 1 is 1.50 bits per heavy atom. The van der Waals surface area contributed by atoms with Crippen molar-refractivity contribution in [2.45, 2.75) is 45.4 Å². The van der Waals surface area contributed by atoms with E-state index in [1.54, 1.807) is 7.11 Å². The molecule has 1 rings (SSSR count). The third kappa shape index (κ3) is 2.69. The molecule has 1 aliphatic rings. The molecule has 1 fully saturated rings. The lowest BCUT2D eigenvalue weighted by molar-refractivity contribution is 0.0197. The molecule has 3 nitrogen and oxygen atoms in total. The Hall–Kier alpha value is -0.120. The van der Waals surface area contributed by atoms with Crippen LogP contribution in [0.5, 0.6) is 0 Å². The largest absolute Gasteiger partial charge is 0.380 e. The number of hydrogen-bond donors (Lipinski definition) is 1. The van der Waals surface area contributed by atoms with E-state index in [1.165, 1.54) is 6.42 Å². The first-order chi connectivity index (χ1) is 6.70. The van der Waals surface area contributed by atoms with Crippen LogP contribution >= 0.6 is 0 Å². The minimum Gasteiger partial charge on any atom is -0.380 e. The third-order valence-electron chi connectivity index (χ3n) is 3.44. The Morgan fingerprint density at radius 2 is 2.21 bits per heavy atom. The van der Waals surface area contributed by atoms with Gasteiger partial charge in [0.1, 0.15) is 0 Å². The lowest BCUT2D eigenvalue weighted by Gasteiger charge is -2.35. The molecule has 0 aromatic carbocycles. The van der Waals surface area contributed by atoms with E-state index in [4.69, 9.17) is 4.74 Å². The van der Waals surface area contributed by atoms with Crippen LogP contribution in [0.4, 0.5) is 0 Å². The van der Waals surface area contributed by atoms with E-state index in [9.17, 15) is 0 Å². The SMILES string of the molecule is CCN(C1CCNC1)C(C)C(C)OC. The maximum atomic E-state index is 5.39. The zero-order valence-corrected chi connectivity index (χ0v) is 9.92. The number of nitrogens with one attached hydrogen (secondary N) is 1. The van der Waals surface area contributed by atoms with E-state index in [2.05, 4.69) is 31.0 Å². The molecule has 0 amide bonds. The van der Waals surface area contributed by atoms with E-state index in [1.807, 2.05) is 0 Å². The first-order valence-corrected chi connectivity index (χ1v) is 5.70. The highest BCUT2D eigenvalue weighted by Crippen LogP contribution is 2.15. The number of methoxy groups -OCH3 is 1.